The number of sulfone groups is 1. The molecule has 24 heavy (non-hydrogen) atoms. The van der Waals surface area contributed by atoms with E-state index in [1.54, 1.807) is 18.2 Å². The predicted molar refractivity (Wildman–Crippen MR) is 92.0 cm³/mol. The normalized spacial score (nSPS) is 23.8. The molecule has 0 radical (unpaired) electrons. The number of rotatable bonds is 1. The van der Waals surface area contributed by atoms with Crippen LogP contribution < -0.4 is 10.2 Å². The lowest BCUT2D eigenvalue weighted by Crippen LogP contribution is -2.47. The Bertz CT molecular complexity index is 819. The van der Waals surface area contributed by atoms with Crippen molar-refractivity contribution in [3.8, 4) is 0 Å². The smallest absolute Gasteiger partial charge is 0.316 e. The van der Waals surface area contributed by atoms with Gasteiger partial charge in [-0.1, -0.05) is 31.5 Å². The standard InChI is InChI=1S/C16H19ClN2O4S/c1-16(2)9-19(12-5-3-4-11(17)13(12)16)15(21)14(20)18-10-6-7-24(22,23)8-10/h3-5,10H,6-9H2,1-2H3,(H,18,20). The minimum Gasteiger partial charge on any atom is -0.344 e. The molecule has 1 atom stereocenters. The lowest BCUT2D eigenvalue weighted by molar-refractivity contribution is -0.138. The number of amides is 2. The number of carbonyl (C=O) groups is 2. The summed E-state index contributed by atoms with van der Waals surface area (Å²) in [4.78, 5) is 26.3. The number of benzene rings is 1. The lowest BCUT2D eigenvalue weighted by Gasteiger charge is -2.21. The van der Waals surface area contributed by atoms with Gasteiger partial charge in [-0.25, -0.2) is 8.42 Å². The van der Waals surface area contributed by atoms with Crippen molar-refractivity contribution in [1.29, 1.82) is 0 Å². The number of hydrogen-bond donors (Lipinski definition) is 1. The molecular formula is C16H19ClN2O4S. The van der Waals surface area contributed by atoms with E-state index in [1.165, 1.54) is 4.90 Å². The minimum atomic E-state index is -3.12. The number of fused-ring (bicyclic) bond motifs is 1. The van der Waals surface area contributed by atoms with E-state index in [1.807, 2.05) is 13.8 Å². The Morgan fingerprint density at radius 1 is 1.33 bits per heavy atom. The first kappa shape index (κ1) is 17.2. The highest BCUT2D eigenvalue weighted by Gasteiger charge is 2.42. The molecule has 8 heteroatoms. The van der Waals surface area contributed by atoms with E-state index < -0.39 is 27.7 Å². The molecule has 0 saturated carbocycles. The fourth-order valence-corrected chi connectivity index (χ4v) is 5.53. The number of nitrogens with zero attached hydrogens (tertiary/aromatic N) is 1. The topological polar surface area (TPSA) is 83.6 Å². The van der Waals surface area contributed by atoms with Gasteiger partial charge in [0.25, 0.3) is 0 Å². The average Bonchev–Trinajstić information content (AvgIpc) is 2.95. The average molecular weight is 371 g/mol. The number of hydrogen-bond acceptors (Lipinski definition) is 4. The largest absolute Gasteiger partial charge is 0.344 e. The van der Waals surface area contributed by atoms with Crippen LogP contribution in [0.4, 0.5) is 5.69 Å². The van der Waals surface area contributed by atoms with Crippen molar-refractivity contribution in [3.63, 3.8) is 0 Å². The third-order valence-corrected chi connectivity index (χ3v) is 6.60. The maximum absolute atomic E-state index is 12.6. The van der Waals surface area contributed by atoms with Crippen LogP contribution in [-0.2, 0) is 24.8 Å². The summed E-state index contributed by atoms with van der Waals surface area (Å²) in [5, 5.41) is 3.11. The van der Waals surface area contributed by atoms with E-state index in [9.17, 15) is 18.0 Å². The highest BCUT2D eigenvalue weighted by Crippen LogP contribution is 2.44. The molecule has 3 rings (SSSR count). The van der Waals surface area contributed by atoms with Crippen molar-refractivity contribution in [2.45, 2.75) is 31.7 Å². The molecule has 1 N–H and O–H groups in total. The quantitative estimate of drug-likeness (QED) is 0.754. The summed E-state index contributed by atoms with van der Waals surface area (Å²) in [5.41, 5.74) is 1.11. The van der Waals surface area contributed by atoms with E-state index in [0.717, 1.165) is 5.56 Å². The Balaban J connectivity index is 1.79. The Morgan fingerprint density at radius 3 is 2.67 bits per heavy atom. The zero-order valence-electron chi connectivity index (χ0n) is 13.5. The summed E-state index contributed by atoms with van der Waals surface area (Å²) in [6.07, 6.45) is 0.343. The minimum absolute atomic E-state index is 0.0430. The van der Waals surface area contributed by atoms with E-state index in [2.05, 4.69) is 5.32 Å². The summed E-state index contributed by atoms with van der Waals surface area (Å²) in [6.45, 7) is 4.28. The predicted octanol–water partition coefficient (Wildman–Crippen LogP) is 1.27. The molecule has 2 aliphatic rings. The van der Waals surface area contributed by atoms with Crippen molar-refractivity contribution in [3.05, 3.63) is 28.8 Å². The molecule has 2 amide bonds. The first-order valence-electron chi connectivity index (χ1n) is 7.72. The van der Waals surface area contributed by atoms with Gasteiger partial charge in [0, 0.05) is 34.3 Å². The number of anilines is 1. The Hall–Kier alpha value is -1.60. The Morgan fingerprint density at radius 2 is 2.04 bits per heavy atom. The van der Waals surface area contributed by atoms with Crippen LogP contribution in [0.3, 0.4) is 0 Å². The molecule has 1 aromatic carbocycles. The third kappa shape index (κ3) is 3.02. The van der Waals surface area contributed by atoms with Crippen LogP contribution in [0.1, 0.15) is 25.8 Å². The van der Waals surface area contributed by atoms with E-state index in [0.29, 0.717) is 23.7 Å². The third-order valence-electron chi connectivity index (χ3n) is 4.52. The van der Waals surface area contributed by atoms with Gasteiger partial charge in [-0.2, -0.15) is 0 Å². The van der Waals surface area contributed by atoms with E-state index in [4.69, 9.17) is 11.6 Å². The van der Waals surface area contributed by atoms with Crippen molar-refractivity contribution in [2.75, 3.05) is 23.0 Å². The van der Waals surface area contributed by atoms with Crippen LogP contribution in [0, 0.1) is 0 Å². The number of halogens is 1. The first-order valence-corrected chi connectivity index (χ1v) is 9.92. The maximum atomic E-state index is 12.6. The van der Waals surface area contributed by atoms with Crippen LogP contribution in [-0.4, -0.2) is 44.3 Å². The van der Waals surface area contributed by atoms with Gasteiger partial charge in [-0.15, -0.1) is 0 Å². The highest BCUT2D eigenvalue weighted by molar-refractivity contribution is 7.91. The van der Waals surface area contributed by atoms with Gasteiger partial charge < -0.3 is 10.2 Å². The number of nitrogens with one attached hydrogen (secondary N) is 1. The molecular weight excluding hydrogens is 352 g/mol. The van der Waals surface area contributed by atoms with Crippen LogP contribution in [0.25, 0.3) is 0 Å². The molecule has 6 nitrogen and oxygen atoms in total. The Kier molecular flexibility index (Phi) is 4.12. The highest BCUT2D eigenvalue weighted by atomic mass is 35.5. The molecule has 0 bridgehead atoms. The van der Waals surface area contributed by atoms with Crippen molar-refractivity contribution in [1.82, 2.24) is 5.32 Å². The first-order chi connectivity index (χ1) is 11.1. The summed E-state index contributed by atoms with van der Waals surface area (Å²) in [5.74, 6) is -1.53. The summed E-state index contributed by atoms with van der Waals surface area (Å²) in [6, 6.07) is 4.77. The lowest BCUT2D eigenvalue weighted by atomic mass is 9.87. The molecule has 0 aromatic heterocycles. The monoisotopic (exact) mass is 370 g/mol. The molecule has 0 spiro atoms. The van der Waals surface area contributed by atoms with Crippen molar-refractivity contribution < 1.29 is 18.0 Å². The van der Waals surface area contributed by atoms with Crippen LogP contribution in [0.15, 0.2) is 18.2 Å². The van der Waals surface area contributed by atoms with E-state index in [-0.39, 0.29) is 16.9 Å². The van der Waals surface area contributed by atoms with Gasteiger partial charge in [0.1, 0.15) is 0 Å². The zero-order valence-corrected chi connectivity index (χ0v) is 15.1. The second-order valence-electron chi connectivity index (χ2n) is 6.98. The Labute approximate surface area is 146 Å². The van der Waals surface area contributed by atoms with Crippen LogP contribution in [0.5, 0.6) is 0 Å². The molecule has 130 valence electrons. The molecule has 1 aromatic rings. The van der Waals surface area contributed by atoms with Crippen LogP contribution >= 0.6 is 11.6 Å². The zero-order chi connectivity index (χ0) is 17.7. The van der Waals surface area contributed by atoms with Gasteiger partial charge in [0.15, 0.2) is 9.84 Å². The van der Waals surface area contributed by atoms with Gasteiger partial charge in [-0.05, 0) is 18.6 Å². The fraction of sp³-hybridized carbons (Fsp3) is 0.500. The second kappa shape index (κ2) is 5.74. The second-order valence-corrected chi connectivity index (χ2v) is 9.62. The fourth-order valence-electron chi connectivity index (χ4n) is 3.43. The SMILES string of the molecule is CC1(C)CN(C(=O)C(=O)NC2CCS(=O)(=O)C2)c2cccc(Cl)c21. The van der Waals surface area contributed by atoms with Gasteiger partial charge in [0.05, 0.1) is 11.5 Å². The molecule has 0 aliphatic carbocycles. The maximum Gasteiger partial charge on any atom is 0.316 e. The van der Waals surface area contributed by atoms with Crippen molar-refractivity contribution >= 4 is 38.9 Å². The van der Waals surface area contributed by atoms with E-state index >= 15 is 0 Å². The summed E-state index contributed by atoms with van der Waals surface area (Å²) >= 11 is 6.27. The van der Waals surface area contributed by atoms with Crippen molar-refractivity contribution in [2.24, 2.45) is 0 Å². The molecule has 1 unspecified atom stereocenters. The van der Waals surface area contributed by atoms with Gasteiger partial charge in [0.2, 0.25) is 0 Å². The summed E-state index contributed by atoms with van der Waals surface area (Å²) < 4.78 is 22.9. The van der Waals surface area contributed by atoms with Gasteiger partial charge >= 0.3 is 11.8 Å². The van der Waals surface area contributed by atoms with Gasteiger partial charge in [-0.3, -0.25) is 9.59 Å². The molecule has 2 aliphatic heterocycles. The number of carbonyl (C=O) groups excluding carboxylic acids is 2. The molecule has 1 fully saturated rings. The molecule has 2 heterocycles. The molecule has 1 saturated heterocycles. The van der Waals surface area contributed by atoms with Crippen LogP contribution in [0.2, 0.25) is 5.02 Å². The summed E-state index contributed by atoms with van der Waals surface area (Å²) in [7, 11) is -3.12.